The zero-order chi connectivity index (χ0) is 13.8. The fraction of sp³-hybridized carbons (Fsp3) is 0.0667. The van der Waals surface area contributed by atoms with Crippen LogP contribution in [-0.2, 0) is 6.61 Å². The third-order valence-electron chi connectivity index (χ3n) is 2.73. The first-order valence-electron chi connectivity index (χ1n) is 6.14. The Hall–Kier alpha value is -2.14. The number of ether oxygens (including phenoxy) is 1. The van der Waals surface area contributed by atoms with E-state index in [2.05, 4.69) is 26.0 Å². The Bertz CT molecular complexity index is 697. The highest BCUT2D eigenvalue weighted by Crippen LogP contribution is 2.17. The van der Waals surface area contributed by atoms with Crippen LogP contribution in [0.25, 0.3) is 5.69 Å². The van der Waals surface area contributed by atoms with Crippen LogP contribution in [0.2, 0.25) is 0 Å². The molecule has 0 unspecified atom stereocenters. The molecule has 0 aliphatic rings. The van der Waals surface area contributed by atoms with E-state index in [4.69, 9.17) is 4.74 Å². The van der Waals surface area contributed by atoms with Gasteiger partial charge in [-0.3, -0.25) is 4.98 Å². The second-order valence-corrected chi connectivity index (χ2v) is 5.13. The molecule has 3 rings (SSSR count). The Kier molecular flexibility index (Phi) is 3.78. The van der Waals surface area contributed by atoms with Crippen molar-refractivity contribution >= 4 is 15.9 Å². The largest absolute Gasteiger partial charge is 0.486 e. The predicted octanol–water partition coefficient (Wildman–Crippen LogP) is 3.61. The van der Waals surface area contributed by atoms with E-state index in [1.807, 2.05) is 53.3 Å². The van der Waals surface area contributed by atoms with Gasteiger partial charge in [-0.25, -0.2) is 4.68 Å². The number of hydrogen-bond acceptors (Lipinski definition) is 3. The molecule has 100 valence electrons. The molecule has 2 heterocycles. The van der Waals surface area contributed by atoms with Crippen LogP contribution in [0.15, 0.2) is 65.5 Å². The molecule has 20 heavy (non-hydrogen) atoms. The fourth-order valence-electron chi connectivity index (χ4n) is 1.79. The summed E-state index contributed by atoms with van der Waals surface area (Å²) < 4.78 is 8.38. The lowest BCUT2D eigenvalue weighted by atomic mass is 10.3. The molecule has 2 aromatic heterocycles. The van der Waals surface area contributed by atoms with Gasteiger partial charge in [-0.2, -0.15) is 5.10 Å². The summed E-state index contributed by atoms with van der Waals surface area (Å²) in [6, 6.07) is 13.8. The third kappa shape index (κ3) is 3.05. The summed E-state index contributed by atoms with van der Waals surface area (Å²) in [6.07, 6.45) is 5.32. The van der Waals surface area contributed by atoms with Crippen molar-refractivity contribution in [1.82, 2.24) is 14.8 Å². The molecule has 0 aliphatic carbocycles. The lowest BCUT2D eigenvalue weighted by Gasteiger charge is -2.04. The van der Waals surface area contributed by atoms with Crippen molar-refractivity contribution in [2.24, 2.45) is 0 Å². The first-order chi connectivity index (χ1) is 9.81. The normalized spacial score (nSPS) is 10.4. The number of nitrogens with zero attached hydrogens (tertiary/aromatic N) is 3. The van der Waals surface area contributed by atoms with Crippen LogP contribution in [0, 0.1) is 0 Å². The van der Waals surface area contributed by atoms with E-state index < -0.39 is 0 Å². The van der Waals surface area contributed by atoms with Gasteiger partial charge in [-0.05, 0) is 40.2 Å². The Balaban J connectivity index is 1.69. The van der Waals surface area contributed by atoms with Gasteiger partial charge in [0.05, 0.1) is 11.9 Å². The van der Waals surface area contributed by atoms with E-state index in [9.17, 15) is 0 Å². The third-order valence-corrected chi connectivity index (χ3v) is 3.17. The van der Waals surface area contributed by atoms with Crippen LogP contribution in [0.4, 0.5) is 0 Å². The molecule has 0 amide bonds. The van der Waals surface area contributed by atoms with Gasteiger partial charge in [0.25, 0.3) is 0 Å². The quantitative estimate of drug-likeness (QED) is 0.734. The molecule has 0 spiro atoms. The van der Waals surface area contributed by atoms with Crippen LogP contribution in [0.3, 0.4) is 0 Å². The molecule has 0 radical (unpaired) electrons. The summed E-state index contributed by atoms with van der Waals surface area (Å²) in [5, 5.41) is 4.48. The Labute approximate surface area is 125 Å². The lowest BCUT2D eigenvalue weighted by Crippen LogP contribution is -1.99. The monoisotopic (exact) mass is 329 g/mol. The number of benzene rings is 1. The predicted molar refractivity (Wildman–Crippen MR) is 79.8 cm³/mol. The molecule has 3 aromatic rings. The maximum Gasteiger partial charge on any atom is 0.139 e. The van der Waals surface area contributed by atoms with Gasteiger partial charge in [0.2, 0.25) is 0 Å². The number of pyridine rings is 1. The highest BCUT2D eigenvalue weighted by molar-refractivity contribution is 9.10. The van der Waals surface area contributed by atoms with Crippen LogP contribution in [-0.4, -0.2) is 14.8 Å². The highest BCUT2D eigenvalue weighted by Gasteiger charge is 2.02. The van der Waals surface area contributed by atoms with Gasteiger partial charge in [-0.15, -0.1) is 0 Å². The topological polar surface area (TPSA) is 39.9 Å². The summed E-state index contributed by atoms with van der Waals surface area (Å²) in [5.41, 5.74) is 1.90. The molecule has 0 saturated carbocycles. The molecule has 1 aromatic carbocycles. The van der Waals surface area contributed by atoms with Crippen molar-refractivity contribution in [2.75, 3.05) is 0 Å². The maximum atomic E-state index is 5.65. The fourth-order valence-corrected chi connectivity index (χ4v) is 2.14. The molecule has 0 aliphatic heterocycles. The Morgan fingerprint density at radius 1 is 1.10 bits per heavy atom. The summed E-state index contributed by atoms with van der Waals surface area (Å²) in [5.74, 6) is 0.716. The standard InChI is InChI=1S/C15H12BrN3O/c16-12-8-15(10-17-9-12)20-11-13-6-7-19(18-13)14-4-2-1-3-5-14/h1-10H,11H2. The van der Waals surface area contributed by atoms with Crippen LogP contribution in [0.1, 0.15) is 5.69 Å². The van der Waals surface area contributed by atoms with Crippen LogP contribution >= 0.6 is 15.9 Å². The van der Waals surface area contributed by atoms with E-state index in [1.54, 1.807) is 12.4 Å². The molecular weight excluding hydrogens is 318 g/mol. The van der Waals surface area contributed by atoms with Crippen LogP contribution < -0.4 is 4.74 Å². The summed E-state index contributed by atoms with van der Waals surface area (Å²) in [7, 11) is 0. The summed E-state index contributed by atoms with van der Waals surface area (Å²) in [6.45, 7) is 0.415. The SMILES string of the molecule is Brc1cncc(OCc2ccn(-c3ccccc3)n2)c1. The minimum absolute atomic E-state index is 0.415. The summed E-state index contributed by atoms with van der Waals surface area (Å²) >= 11 is 3.36. The average Bonchev–Trinajstić information content (AvgIpc) is 2.95. The summed E-state index contributed by atoms with van der Waals surface area (Å²) in [4.78, 5) is 4.05. The minimum atomic E-state index is 0.415. The van der Waals surface area contributed by atoms with Gasteiger partial charge < -0.3 is 4.74 Å². The molecule has 0 N–H and O–H groups in total. The zero-order valence-electron chi connectivity index (χ0n) is 10.6. The van der Waals surface area contributed by atoms with Gasteiger partial charge in [0, 0.05) is 16.9 Å². The number of hydrogen-bond donors (Lipinski definition) is 0. The van der Waals surface area contributed by atoms with Gasteiger partial charge in [0.1, 0.15) is 18.1 Å². The molecule has 0 atom stereocenters. The van der Waals surface area contributed by atoms with Crippen molar-refractivity contribution in [3.8, 4) is 11.4 Å². The molecule has 4 nitrogen and oxygen atoms in total. The van der Waals surface area contributed by atoms with E-state index in [0.29, 0.717) is 12.4 Å². The van der Waals surface area contributed by atoms with E-state index in [0.717, 1.165) is 15.9 Å². The van der Waals surface area contributed by atoms with Gasteiger partial charge in [-0.1, -0.05) is 18.2 Å². The number of aromatic nitrogens is 3. The number of halogens is 1. The Morgan fingerprint density at radius 2 is 1.95 bits per heavy atom. The lowest BCUT2D eigenvalue weighted by molar-refractivity contribution is 0.299. The molecular formula is C15H12BrN3O. The number of rotatable bonds is 4. The van der Waals surface area contributed by atoms with E-state index in [1.165, 1.54) is 0 Å². The highest BCUT2D eigenvalue weighted by atomic mass is 79.9. The average molecular weight is 330 g/mol. The van der Waals surface area contributed by atoms with Crippen molar-refractivity contribution < 1.29 is 4.74 Å². The minimum Gasteiger partial charge on any atom is -0.486 e. The van der Waals surface area contributed by atoms with Crippen molar-refractivity contribution in [3.63, 3.8) is 0 Å². The zero-order valence-corrected chi connectivity index (χ0v) is 12.2. The smallest absolute Gasteiger partial charge is 0.139 e. The van der Waals surface area contributed by atoms with Crippen LogP contribution in [0.5, 0.6) is 5.75 Å². The van der Waals surface area contributed by atoms with Crippen molar-refractivity contribution in [3.05, 3.63) is 71.2 Å². The molecule has 0 fully saturated rings. The Morgan fingerprint density at radius 3 is 2.75 bits per heavy atom. The van der Waals surface area contributed by atoms with Crippen molar-refractivity contribution in [2.45, 2.75) is 6.61 Å². The maximum absolute atomic E-state index is 5.65. The second-order valence-electron chi connectivity index (χ2n) is 4.21. The van der Waals surface area contributed by atoms with E-state index >= 15 is 0 Å². The van der Waals surface area contributed by atoms with E-state index in [-0.39, 0.29) is 0 Å². The van der Waals surface area contributed by atoms with Crippen molar-refractivity contribution in [1.29, 1.82) is 0 Å². The second kappa shape index (κ2) is 5.88. The van der Waals surface area contributed by atoms with Gasteiger partial charge in [0.15, 0.2) is 0 Å². The molecule has 0 bridgehead atoms. The molecule has 0 saturated heterocycles. The van der Waals surface area contributed by atoms with Gasteiger partial charge >= 0.3 is 0 Å². The first-order valence-corrected chi connectivity index (χ1v) is 6.94. The first kappa shape index (κ1) is 12.9. The number of para-hydroxylation sites is 1. The molecule has 5 heteroatoms.